The highest BCUT2D eigenvalue weighted by atomic mass is 79.9. The van der Waals surface area contributed by atoms with Crippen LogP contribution in [0.1, 0.15) is 18.0 Å². The number of hydrogen-bond donors (Lipinski definition) is 0. The van der Waals surface area contributed by atoms with Crippen LogP contribution >= 0.6 is 26.6 Å². The first-order valence-corrected chi connectivity index (χ1v) is 7.58. The second kappa shape index (κ2) is 4.22. The minimum Gasteiger partial charge on any atom is -0.274 e. The molecule has 1 unspecified atom stereocenters. The highest BCUT2D eigenvalue weighted by Crippen LogP contribution is 2.38. The Bertz CT molecular complexity index is 592. The van der Waals surface area contributed by atoms with Gasteiger partial charge in [0.2, 0.25) is 5.91 Å². The highest BCUT2D eigenvalue weighted by Gasteiger charge is 2.44. The zero-order valence-electron chi connectivity index (χ0n) is 8.23. The lowest BCUT2D eigenvalue weighted by Gasteiger charge is -2.37. The molecule has 4 nitrogen and oxygen atoms in total. The fourth-order valence-electron chi connectivity index (χ4n) is 1.65. The molecule has 0 saturated carbocycles. The molecular weight excluding hydrogens is 337 g/mol. The number of rotatable bonds is 2. The molecule has 0 bridgehead atoms. The summed E-state index contributed by atoms with van der Waals surface area (Å²) in [4.78, 5) is 11.2. The molecule has 0 spiro atoms. The molecular formula is C9H6BrClFNO3S. The highest BCUT2D eigenvalue weighted by molar-refractivity contribution is 9.10. The zero-order chi connectivity index (χ0) is 12.8. The second-order valence-electron chi connectivity index (χ2n) is 3.53. The third kappa shape index (κ3) is 2.31. The van der Waals surface area contributed by atoms with Gasteiger partial charge in [-0.1, -0.05) is 6.07 Å². The number of benzene rings is 1. The van der Waals surface area contributed by atoms with Crippen molar-refractivity contribution in [1.82, 2.24) is 4.31 Å². The van der Waals surface area contributed by atoms with E-state index in [2.05, 4.69) is 15.9 Å². The standard InChI is InChI=1S/C9H6BrClFNO3S/c10-6-2-1-5(3-7(6)12)8-4-9(14)13(8)17(11,15)16/h1-3,8H,4H2. The Morgan fingerprint density at radius 2 is 2.12 bits per heavy atom. The van der Waals surface area contributed by atoms with Crippen LogP contribution in [-0.4, -0.2) is 18.6 Å². The summed E-state index contributed by atoms with van der Waals surface area (Å²) < 4.78 is 36.4. The number of carbonyl (C=O) groups is 1. The number of amides is 1. The Labute approximate surface area is 110 Å². The summed E-state index contributed by atoms with van der Waals surface area (Å²) in [6.07, 6.45) is 0.00697. The predicted molar refractivity (Wildman–Crippen MR) is 63.1 cm³/mol. The number of carbonyl (C=O) groups excluding carboxylic acids is 1. The van der Waals surface area contributed by atoms with Crippen LogP contribution in [0.2, 0.25) is 0 Å². The van der Waals surface area contributed by atoms with Crippen molar-refractivity contribution in [1.29, 1.82) is 0 Å². The van der Waals surface area contributed by atoms with Crippen molar-refractivity contribution in [3.8, 4) is 0 Å². The van der Waals surface area contributed by atoms with E-state index in [1.165, 1.54) is 12.1 Å². The van der Waals surface area contributed by atoms with E-state index in [-0.39, 0.29) is 10.9 Å². The fraction of sp³-hybridized carbons (Fsp3) is 0.222. The first kappa shape index (κ1) is 12.8. The maximum absolute atomic E-state index is 13.3. The van der Waals surface area contributed by atoms with E-state index in [1.54, 1.807) is 6.07 Å². The first-order chi connectivity index (χ1) is 7.80. The van der Waals surface area contributed by atoms with Crippen molar-refractivity contribution in [3.63, 3.8) is 0 Å². The molecule has 1 aromatic carbocycles. The summed E-state index contributed by atoms with van der Waals surface area (Å²) >= 11 is 2.99. The predicted octanol–water partition coefficient (Wildman–Crippen LogP) is 2.35. The Balaban J connectivity index is 2.36. The molecule has 1 heterocycles. The van der Waals surface area contributed by atoms with Crippen molar-refractivity contribution in [2.24, 2.45) is 0 Å². The quantitative estimate of drug-likeness (QED) is 0.612. The van der Waals surface area contributed by atoms with Gasteiger partial charge in [-0.2, -0.15) is 8.42 Å². The molecule has 2 rings (SSSR count). The van der Waals surface area contributed by atoms with Crippen molar-refractivity contribution in [2.75, 3.05) is 0 Å². The SMILES string of the molecule is O=C1CC(c2ccc(Br)c(F)c2)N1S(=O)(=O)Cl. The largest absolute Gasteiger partial charge is 0.324 e. The molecule has 1 aromatic rings. The summed E-state index contributed by atoms with van der Waals surface area (Å²) in [5.41, 5.74) is 0.398. The van der Waals surface area contributed by atoms with Gasteiger partial charge in [-0.05, 0) is 33.6 Å². The summed E-state index contributed by atoms with van der Waals surface area (Å²) in [7, 11) is 1.01. The molecule has 1 aliphatic rings. The van der Waals surface area contributed by atoms with Crippen LogP contribution in [0.3, 0.4) is 0 Å². The second-order valence-corrected chi connectivity index (χ2v) is 6.77. The molecule has 0 N–H and O–H groups in total. The van der Waals surface area contributed by atoms with E-state index >= 15 is 0 Å². The average molecular weight is 343 g/mol. The lowest BCUT2D eigenvalue weighted by molar-refractivity contribution is -0.137. The number of halogens is 3. The lowest BCUT2D eigenvalue weighted by atomic mass is 9.97. The van der Waals surface area contributed by atoms with Gasteiger partial charge in [-0.3, -0.25) is 4.79 Å². The Kier molecular flexibility index (Phi) is 3.17. The minimum absolute atomic E-state index is 0.00697. The number of β-lactam (4-membered cyclic amide) rings is 1. The van der Waals surface area contributed by atoms with E-state index in [4.69, 9.17) is 10.7 Å². The number of nitrogens with zero attached hydrogens (tertiary/aromatic N) is 1. The van der Waals surface area contributed by atoms with Crippen molar-refractivity contribution >= 4 is 41.8 Å². The van der Waals surface area contributed by atoms with E-state index in [0.717, 1.165) is 0 Å². The van der Waals surface area contributed by atoms with Crippen molar-refractivity contribution in [3.05, 3.63) is 34.1 Å². The molecule has 1 aliphatic heterocycles. The zero-order valence-corrected chi connectivity index (χ0v) is 11.4. The van der Waals surface area contributed by atoms with Crippen molar-refractivity contribution < 1.29 is 17.6 Å². The third-order valence-corrected chi connectivity index (χ3v) is 4.48. The molecule has 17 heavy (non-hydrogen) atoms. The van der Waals surface area contributed by atoms with Gasteiger partial charge in [0.25, 0.3) is 0 Å². The van der Waals surface area contributed by atoms with Crippen LogP contribution in [0.15, 0.2) is 22.7 Å². The van der Waals surface area contributed by atoms with Gasteiger partial charge in [0, 0.05) is 10.7 Å². The Hall–Kier alpha value is -0.660. The molecule has 1 atom stereocenters. The van der Waals surface area contributed by atoms with Crippen LogP contribution < -0.4 is 0 Å². The van der Waals surface area contributed by atoms with E-state index in [9.17, 15) is 17.6 Å². The molecule has 0 aromatic heterocycles. The first-order valence-electron chi connectivity index (χ1n) is 4.52. The topological polar surface area (TPSA) is 54.5 Å². The van der Waals surface area contributed by atoms with Gasteiger partial charge < -0.3 is 0 Å². The van der Waals surface area contributed by atoms with Crippen LogP contribution in [-0.2, 0) is 14.0 Å². The van der Waals surface area contributed by atoms with E-state index < -0.39 is 27.0 Å². The van der Waals surface area contributed by atoms with Crippen LogP contribution in [0, 0.1) is 5.82 Å². The molecule has 0 aliphatic carbocycles. The smallest absolute Gasteiger partial charge is 0.274 e. The maximum Gasteiger partial charge on any atom is 0.324 e. The summed E-state index contributed by atoms with van der Waals surface area (Å²) in [5.74, 6) is -1.11. The third-order valence-electron chi connectivity index (χ3n) is 2.46. The summed E-state index contributed by atoms with van der Waals surface area (Å²) in [6, 6.07) is 3.45. The molecule has 92 valence electrons. The summed E-state index contributed by atoms with van der Waals surface area (Å²) in [5, 5.41) is 0. The Morgan fingerprint density at radius 1 is 1.47 bits per heavy atom. The normalized spacial score (nSPS) is 20.3. The van der Waals surface area contributed by atoms with Gasteiger partial charge in [-0.25, -0.2) is 8.70 Å². The average Bonchev–Trinajstić information content (AvgIpc) is 2.16. The van der Waals surface area contributed by atoms with Gasteiger partial charge in [-0.15, -0.1) is 0 Å². The fourth-order valence-corrected chi connectivity index (χ4v) is 3.23. The molecule has 8 heteroatoms. The van der Waals surface area contributed by atoms with Gasteiger partial charge in [0.15, 0.2) is 0 Å². The maximum atomic E-state index is 13.3. The van der Waals surface area contributed by atoms with Gasteiger partial charge in [0.1, 0.15) is 5.82 Å². The van der Waals surface area contributed by atoms with E-state index in [1.807, 2.05) is 0 Å². The van der Waals surface area contributed by atoms with E-state index in [0.29, 0.717) is 9.87 Å². The Morgan fingerprint density at radius 3 is 2.59 bits per heavy atom. The summed E-state index contributed by atoms with van der Waals surface area (Å²) in [6.45, 7) is 0. The molecule has 1 saturated heterocycles. The van der Waals surface area contributed by atoms with Crippen LogP contribution in [0.25, 0.3) is 0 Å². The van der Waals surface area contributed by atoms with Crippen LogP contribution in [0.5, 0.6) is 0 Å². The monoisotopic (exact) mass is 341 g/mol. The van der Waals surface area contributed by atoms with Crippen molar-refractivity contribution in [2.45, 2.75) is 12.5 Å². The molecule has 1 fully saturated rings. The minimum atomic E-state index is -4.11. The van der Waals surface area contributed by atoms with Gasteiger partial charge in [0.05, 0.1) is 16.9 Å². The molecule has 1 amide bonds. The number of hydrogen-bond acceptors (Lipinski definition) is 3. The lowest BCUT2D eigenvalue weighted by Crippen LogP contribution is -2.47. The molecule has 0 radical (unpaired) electrons. The van der Waals surface area contributed by atoms with Crippen LogP contribution in [0.4, 0.5) is 4.39 Å². The van der Waals surface area contributed by atoms with Gasteiger partial charge >= 0.3 is 9.24 Å².